The molecule has 0 aliphatic rings. The molecule has 1 amide bonds. The highest BCUT2D eigenvalue weighted by Gasteiger charge is 2.20. The maximum Gasteiger partial charge on any atom is 0.325 e. The average Bonchev–Trinajstić information content (AvgIpc) is 2.38. The van der Waals surface area contributed by atoms with Crippen LogP contribution in [0.2, 0.25) is 0 Å². The van der Waals surface area contributed by atoms with Gasteiger partial charge in [0.05, 0.1) is 12.2 Å². The van der Waals surface area contributed by atoms with Crippen LogP contribution in [0.15, 0.2) is 18.3 Å². The third-order valence-corrected chi connectivity index (χ3v) is 2.64. The molecular weight excluding hydrogens is 244 g/mol. The summed E-state index contributed by atoms with van der Waals surface area (Å²) in [5, 5.41) is 0. The Labute approximate surface area is 113 Å². The van der Waals surface area contributed by atoms with Crippen molar-refractivity contribution in [2.45, 2.75) is 27.2 Å². The number of hydrogen-bond acceptors (Lipinski definition) is 4. The topological polar surface area (TPSA) is 59.5 Å². The zero-order valence-corrected chi connectivity index (χ0v) is 11.7. The van der Waals surface area contributed by atoms with Crippen molar-refractivity contribution in [2.75, 3.05) is 19.7 Å². The van der Waals surface area contributed by atoms with E-state index < -0.39 is 0 Å². The van der Waals surface area contributed by atoms with Crippen molar-refractivity contribution >= 4 is 11.9 Å². The number of carbonyl (C=O) groups is 2. The van der Waals surface area contributed by atoms with Crippen LogP contribution in [0, 0.1) is 6.92 Å². The van der Waals surface area contributed by atoms with Crippen molar-refractivity contribution in [3.8, 4) is 0 Å². The molecule has 19 heavy (non-hydrogen) atoms. The van der Waals surface area contributed by atoms with Gasteiger partial charge in [-0.05, 0) is 32.4 Å². The number of aromatic nitrogens is 1. The van der Waals surface area contributed by atoms with Gasteiger partial charge in [0.15, 0.2) is 0 Å². The minimum Gasteiger partial charge on any atom is -0.465 e. The minimum atomic E-state index is -0.383. The Morgan fingerprint density at radius 3 is 2.68 bits per heavy atom. The number of esters is 1. The molecule has 0 bridgehead atoms. The summed E-state index contributed by atoms with van der Waals surface area (Å²) in [4.78, 5) is 29.5. The number of carbonyl (C=O) groups excluding carboxylic acids is 2. The molecule has 5 nitrogen and oxygen atoms in total. The molecule has 0 N–H and O–H groups in total. The van der Waals surface area contributed by atoms with Crippen LogP contribution in [0.1, 0.15) is 36.3 Å². The Bertz CT molecular complexity index is 446. The lowest BCUT2D eigenvalue weighted by atomic mass is 10.1. The highest BCUT2D eigenvalue weighted by atomic mass is 16.5. The monoisotopic (exact) mass is 264 g/mol. The van der Waals surface area contributed by atoms with E-state index in [-0.39, 0.29) is 18.4 Å². The summed E-state index contributed by atoms with van der Waals surface area (Å²) in [5.74, 6) is -0.564. The van der Waals surface area contributed by atoms with Crippen LogP contribution in [-0.2, 0) is 9.53 Å². The van der Waals surface area contributed by atoms with Gasteiger partial charge in [-0.3, -0.25) is 14.6 Å². The van der Waals surface area contributed by atoms with Crippen molar-refractivity contribution in [1.82, 2.24) is 9.88 Å². The van der Waals surface area contributed by atoms with Crippen molar-refractivity contribution < 1.29 is 14.3 Å². The van der Waals surface area contributed by atoms with Gasteiger partial charge in [-0.15, -0.1) is 0 Å². The van der Waals surface area contributed by atoms with Crippen LogP contribution < -0.4 is 0 Å². The molecule has 0 saturated carbocycles. The van der Waals surface area contributed by atoms with E-state index in [4.69, 9.17) is 4.74 Å². The van der Waals surface area contributed by atoms with Gasteiger partial charge >= 0.3 is 5.97 Å². The lowest BCUT2D eigenvalue weighted by Gasteiger charge is -2.21. The fraction of sp³-hybridized carbons (Fsp3) is 0.500. The minimum absolute atomic E-state index is 0.0190. The largest absolute Gasteiger partial charge is 0.465 e. The summed E-state index contributed by atoms with van der Waals surface area (Å²) < 4.78 is 4.89. The van der Waals surface area contributed by atoms with Crippen LogP contribution in [0.3, 0.4) is 0 Å². The SMILES string of the molecule is CCCN(CC(=O)OCC)C(=O)c1cccnc1C. The summed E-state index contributed by atoms with van der Waals surface area (Å²) in [6.45, 7) is 6.30. The third-order valence-electron chi connectivity index (χ3n) is 2.64. The molecule has 5 heteroatoms. The fourth-order valence-electron chi connectivity index (χ4n) is 1.77. The fourth-order valence-corrected chi connectivity index (χ4v) is 1.77. The zero-order chi connectivity index (χ0) is 14.3. The molecule has 0 aliphatic carbocycles. The predicted octanol–water partition coefficient (Wildman–Crippen LogP) is 1.81. The van der Waals surface area contributed by atoms with E-state index in [1.807, 2.05) is 6.92 Å². The Kier molecular flexibility index (Phi) is 5.99. The quantitative estimate of drug-likeness (QED) is 0.735. The van der Waals surface area contributed by atoms with Crippen LogP contribution in [0.25, 0.3) is 0 Å². The number of hydrogen-bond donors (Lipinski definition) is 0. The van der Waals surface area contributed by atoms with Gasteiger partial charge in [0.1, 0.15) is 6.54 Å². The molecule has 0 radical (unpaired) electrons. The van der Waals surface area contributed by atoms with Gasteiger partial charge < -0.3 is 9.64 Å². The molecule has 0 spiro atoms. The van der Waals surface area contributed by atoms with E-state index in [9.17, 15) is 9.59 Å². The highest BCUT2D eigenvalue weighted by molar-refractivity contribution is 5.96. The first-order valence-corrected chi connectivity index (χ1v) is 6.46. The molecule has 0 fully saturated rings. The third kappa shape index (κ3) is 4.35. The summed E-state index contributed by atoms with van der Waals surface area (Å²) in [7, 11) is 0. The average molecular weight is 264 g/mol. The molecule has 0 aliphatic heterocycles. The molecule has 1 heterocycles. The van der Waals surface area contributed by atoms with Crippen LogP contribution in [-0.4, -0.2) is 41.5 Å². The first-order valence-electron chi connectivity index (χ1n) is 6.46. The smallest absolute Gasteiger partial charge is 0.325 e. The standard InChI is InChI=1S/C14H20N2O3/c1-4-9-16(10-13(17)19-5-2)14(18)12-7-6-8-15-11(12)3/h6-8H,4-5,9-10H2,1-3H3. The van der Waals surface area contributed by atoms with Gasteiger partial charge in [-0.25, -0.2) is 0 Å². The molecule has 0 atom stereocenters. The predicted molar refractivity (Wildman–Crippen MR) is 71.8 cm³/mol. The Morgan fingerprint density at radius 1 is 1.37 bits per heavy atom. The van der Waals surface area contributed by atoms with Gasteiger partial charge in [0.2, 0.25) is 0 Å². The van der Waals surface area contributed by atoms with Gasteiger partial charge in [-0.1, -0.05) is 6.92 Å². The number of pyridine rings is 1. The molecular formula is C14H20N2O3. The Morgan fingerprint density at radius 2 is 2.11 bits per heavy atom. The zero-order valence-electron chi connectivity index (χ0n) is 11.7. The normalized spacial score (nSPS) is 10.1. The van der Waals surface area contributed by atoms with Crippen molar-refractivity contribution in [3.63, 3.8) is 0 Å². The summed E-state index contributed by atoms with van der Waals surface area (Å²) >= 11 is 0. The lowest BCUT2D eigenvalue weighted by molar-refractivity contribution is -0.143. The van der Waals surface area contributed by atoms with E-state index in [1.165, 1.54) is 4.90 Å². The van der Waals surface area contributed by atoms with Crippen molar-refractivity contribution in [3.05, 3.63) is 29.6 Å². The van der Waals surface area contributed by atoms with Gasteiger partial charge in [0.25, 0.3) is 5.91 Å². The maximum atomic E-state index is 12.4. The van der Waals surface area contributed by atoms with E-state index in [2.05, 4.69) is 4.98 Å². The van der Waals surface area contributed by atoms with Gasteiger partial charge in [0, 0.05) is 18.4 Å². The van der Waals surface area contributed by atoms with E-state index in [0.29, 0.717) is 24.4 Å². The second-order valence-corrected chi connectivity index (χ2v) is 4.17. The second kappa shape index (κ2) is 7.51. The Hall–Kier alpha value is -1.91. The Balaban J connectivity index is 2.84. The lowest BCUT2D eigenvalue weighted by Crippen LogP contribution is -2.37. The highest BCUT2D eigenvalue weighted by Crippen LogP contribution is 2.09. The number of ether oxygens (including phenoxy) is 1. The van der Waals surface area contributed by atoms with Gasteiger partial charge in [-0.2, -0.15) is 0 Å². The van der Waals surface area contributed by atoms with Crippen LogP contribution >= 0.6 is 0 Å². The van der Waals surface area contributed by atoms with E-state index in [0.717, 1.165) is 6.42 Å². The second-order valence-electron chi connectivity index (χ2n) is 4.17. The molecule has 1 aromatic heterocycles. The first kappa shape index (κ1) is 15.1. The number of nitrogens with zero attached hydrogens (tertiary/aromatic N) is 2. The molecule has 104 valence electrons. The number of rotatable bonds is 6. The van der Waals surface area contributed by atoms with Crippen LogP contribution in [0.4, 0.5) is 0 Å². The molecule has 0 unspecified atom stereocenters. The maximum absolute atomic E-state index is 12.4. The summed E-state index contributed by atoms with van der Waals surface area (Å²) in [6.07, 6.45) is 2.42. The van der Waals surface area contributed by atoms with E-state index >= 15 is 0 Å². The molecule has 1 rings (SSSR count). The molecule has 0 aromatic carbocycles. The number of amides is 1. The first-order chi connectivity index (χ1) is 9.10. The molecule has 1 aromatic rings. The van der Waals surface area contributed by atoms with Crippen molar-refractivity contribution in [2.24, 2.45) is 0 Å². The van der Waals surface area contributed by atoms with Crippen molar-refractivity contribution in [1.29, 1.82) is 0 Å². The summed E-state index contributed by atoms with van der Waals surface area (Å²) in [6, 6.07) is 3.44. The summed E-state index contributed by atoms with van der Waals surface area (Å²) in [5.41, 5.74) is 1.19. The van der Waals surface area contributed by atoms with Crippen LogP contribution in [0.5, 0.6) is 0 Å². The number of aryl methyl sites for hydroxylation is 1. The molecule has 0 saturated heterocycles. The van der Waals surface area contributed by atoms with E-state index in [1.54, 1.807) is 32.2 Å².